The Morgan fingerprint density at radius 2 is 1.95 bits per heavy atom. The Morgan fingerprint density at radius 1 is 1.25 bits per heavy atom. The highest BCUT2D eigenvalue weighted by molar-refractivity contribution is 5.91. The van der Waals surface area contributed by atoms with Crippen molar-refractivity contribution in [2.45, 2.75) is 32.1 Å². The van der Waals surface area contributed by atoms with Gasteiger partial charge in [0.2, 0.25) is 5.91 Å². The lowest BCUT2D eigenvalue weighted by atomic mass is 9.90. The zero-order valence-corrected chi connectivity index (χ0v) is 11.6. The van der Waals surface area contributed by atoms with Gasteiger partial charge in [-0.05, 0) is 43.0 Å². The van der Waals surface area contributed by atoms with Gasteiger partial charge in [0, 0.05) is 5.69 Å². The number of benzene rings is 1. The van der Waals surface area contributed by atoms with Gasteiger partial charge in [0.15, 0.2) is 0 Å². The Labute approximate surface area is 119 Å². The van der Waals surface area contributed by atoms with E-state index >= 15 is 0 Å². The first-order valence-electron chi connectivity index (χ1n) is 7.15. The number of rotatable bonds is 5. The third-order valence-electron chi connectivity index (χ3n) is 3.61. The number of hydrogen-bond donors (Lipinski definition) is 1. The molecule has 106 valence electrons. The normalized spacial score (nSPS) is 15.6. The monoisotopic (exact) mass is 272 g/mol. The summed E-state index contributed by atoms with van der Waals surface area (Å²) >= 11 is 0. The molecule has 2 rings (SSSR count). The summed E-state index contributed by atoms with van der Waals surface area (Å²) in [5.41, 5.74) is 1.27. The van der Waals surface area contributed by atoms with E-state index in [1.165, 1.54) is 32.1 Å². The highest BCUT2D eigenvalue weighted by atomic mass is 16.5. The van der Waals surface area contributed by atoms with Gasteiger partial charge in [-0.25, -0.2) is 0 Å². The van der Waals surface area contributed by atoms with Crippen LogP contribution in [0.15, 0.2) is 24.3 Å². The van der Waals surface area contributed by atoms with Crippen molar-refractivity contribution >= 4 is 11.6 Å². The van der Waals surface area contributed by atoms with Gasteiger partial charge in [-0.2, -0.15) is 5.26 Å². The van der Waals surface area contributed by atoms with Gasteiger partial charge >= 0.3 is 0 Å². The Morgan fingerprint density at radius 3 is 2.60 bits per heavy atom. The van der Waals surface area contributed by atoms with E-state index in [1.54, 1.807) is 24.3 Å². The molecule has 1 saturated carbocycles. The van der Waals surface area contributed by atoms with E-state index in [0.717, 1.165) is 0 Å². The van der Waals surface area contributed by atoms with Gasteiger partial charge < -0.3 is 10.1 Å². The van der Waals surface area contributed by atoms with E-state index < -0.39 is 0 Å². The van der Waals surface area contributed by atoms with Gasteiger partial charge in [-0.1, -0.05) is 19.3 Å². The summed E-state index contributed by atoms with van der Waals surface area (Å²) in [7, 11) is 0. The zero-order valence-electron chi connectivity index (χ0n) is 11.6. The fourth-order valence-electron chi connectivity index (χ4n) is 2.50. The summed E-state index contributed by atoms with van der Waals surface area (Å²) in [5, 5.41) is 11.5. The minimum absolute atomic E-state index is 0.0938. The number of carbonyl (C=O) groups excluding carboxylic acids is 1. The molecule has 0 spiro atoms. The van der Waals surface area contributed by atoms with E-state index in [9.17, 15) is 4.79 Å². The van der Waals surface area contributed by atoms with Gasteiger partial charge in [0.25, 0.3) is 0 Å². The lowest BCUT2D eigenvalue weighted by molar-refractivity contribution is -0.121. The Balaban J connectivity index is 1.68. The molecule has 1 aromatic carbocycles. The van der Waals surface area contributed by atoms with Crippen LogP contribution in [-0.2, 0) is 9.53 Å². The van der Waals surface area contributed by atoms with Gasteiger partial charge in [0.1, 0.15) is 6.61 Å². The van der Waals surface area contributed by atoms with Gasteiger partial charge in [0.05, 0.1) is 18.2 Å². The summed E-state index contributed by atoms with van der Waals surface area (Å²) in [4.78, 5) is 11.7. The average molecular weight is 272 g/mol. The van der Waals surface area contributed by atoms with Crippen molar-refractivity contribution in [2.75, 3.05) is 18.5 Å². The van der Waals surface area contributed by atoms with Crippen LogP contribution >= 0.6 is 0 Å². The number of nitrogens with zero attached hydrogens (tertiary/aromatic N) is 1. The highest BCUT2D eigenvalue weighted by Crippen LogP contribution is 2.23. The molecule has 0 unspecified atom stereocenters. The maximum absolute atomic E-state index is 11.7. The summed E-state index contributed by atoms with van der Waals surface area (Å²) in [6.45, 7) is 0.775. The van der Waals surface area contributed by atoms with Crippen LogP contribution in [0.5, 0.6) is 0 Å². The molecule has 1 fully saturated rings. The first-order chi connectivity index (χ1) is 9.78. The first-order valence-corrected chi connectivity index (χ1v) is 7.15. The maximum atomic E-state index is 11.7. The molecule has 1 aliphatic carbocycles. The van der Waals surface area contributed by atoms with E-state index in [1.807, 2.05) is 6.07 Å². The third-order valence-corrected chi connectivity index (χ3v) is 3.61. The Hall–Kier alpha value is -1.86. The lowest BCUT2D eigenvalue weighted by Gasteiger charge is -2.21. The van der Waals surface area contributed by atoms with Crippen LogP contribution in [0.4, 0.5) is 5.69 Å². The standard InChI is InChI=1S/C16H20N2O2/c17-10-13-6-8-15(9-7-13)18-16(19)12-20-11-14-4-2-1-3-5-14/h6-9,14H,1-5,11-12H2,(H,18,19). The molecular formula is C16H20N2O2. The Bertz CT molecular complexity index is 470. The molecule has 0 radical (unpaired) electrons. The van der Waals surface area contributed by atoms with Crippen LogP contribution in [0.3, 0.4) is 0 Å². The molecule has 4 nitrogen and oxygen atoms in total. The van der Waals surface area contributed by atoms with Crippen molar-refractivity contribution in [3.05, 3.63) is 29.8 Å². The molecule has 0 saturated heterocycles. The summed E-state index contributed by atoms with van der Waals surface area (Å²) in [6, 6.07) is 8.84. The summed E-state index contributed by atoms with van der Waals surface area (Å²) < 4.78 is 5.49. The number of nitrogens with one attached hydrogen (secondary N) is 1. The minimum Gasteiger partial charge on any atom is -0.371 e. The van der Waals surface area contributed by atoms with Crippen LogP contribution in [0.25, 0.3) is 0 Å². The maximum Gasteiger partial charge on any atom is 0.250 e. The number of anilines is 1. The number of ether oxygens (including phenoxy) is 1. The van der Waals surface area contributed by atoms with E-state index in [-0.39, 0.29) is 12.5 Å². The first kappa shape index (κ1) is 14.5. The molecule has 20 heavy (non-hydrogen) atoms. The van der Waals surface area contributed by atoms with Crippen molar-refractivity contribution in [3.8, 4) is 6.07 Å². The van der Waals surface area contributed by atoms with Crippen molar-refractivity contribution in [1.29, 1.82) is 5.26 Å². The molecule has 1 aromatic rings. The third kappa shape index (κ3) is 4.67. The quantitative estimate of drug-likeness (QED) is 0.896. The lowest BCUT2D eigenvalue weighted by Crippen LogP contribution is -2.21. The fourth-order valence-corrected chi connectivity index (χ4v) is 2.50. The number of hydrogen-bond acceptors (Lipinski definition) is 3. The van der Waals surface area contributed by atoms with Crippen molar-refractivity contribution in [2.24, 2.45) is 5.92 Å². The summed E-state index contributed by atoms with van der Waals surface area (Å²) in [6.07, 6.45) is 6.33. The molecule has 1 N–H and O–H groups in total. The largest absolute Gasteiger partial charge is 0.371 e. The molecule has 0 bridgehead atoms. The van der Waals surface area contributed by atoms with Crippen LogP contribution in [0.2, 0.25) is 0 Å². The van der Waals surface area contributed by atoms with Crippen LogP contribution in [-0.4, -0.2) is 19.1 Å². The van der Waals surface area contributed by atoms with E-state index in [0.29, 0.717) is 23.8 Å². The van der Waals surface area contributed by atoms with Crippen molar-refractivity contribution < 1.29 is 9.53 Å². The molecule has 0 aromatic heterocycles. The molecule has 4 heteroatoms. The number of amides is 1. The van der Waals surface area contributed by atoms with Crippen LogP contribution < -0.4 is 5.32 Å². The van der Waals surface area contributed by atoms with Crippen LogP contribution in [0.1, 0.15) is 37.7 Å². The number of carbonyl (C=O) groups is 1. The van der Waals surface area contributed by atoms with Crippen LogP contribution in [0, 0.1) is 17.2 Å². The highest BCUT2D eigenvalue weighted by Gasteiger charge is 2.14. The van der Waals surface area contributed by atoms with Gasteiger partial charge in [-0.3, -0.25) is 4.79 Å². The molecule has 0 atom stereocenters. The number of nitriles is 1. The average Bonchev–Trinajstić information content (AvgIpc) is 2.49. The minimum atomic E-state index is -0.148. The van der Waals surface area contributed by atoms with E-state index in [4.69, 9.17) is 10.00 Å². The fraction of sp³-hybridized carbons (Fsp3) is 0.500. The topological polar surface area (TPSA) is 62.1 Å². The zero-order chi connectivity index (χ0) is 14.2. The predicted octanol–water partition coefficient (Wildman–Crippen LogP) is 3.09. The summed E-state index contributed by atoms with van der Waals surface area (Å²) in [5.74, 6) is 0.469. The van der Waals surface area contributed by atoms with Gasteiger partial charge in [-0.15, -0.1) is 0 Å². The second-order valence-electron chi connectivity index (χ2n) is 5.26. The predicted molar refractivity (Wildman–Crippen MR) is 77.2 cm³/mol. The van der Waals surface area contributed by atoms with E-state index in [2.05, 4.69) is 5.32 Å². The second-order valence-corrected chi connectivity index (χ2v) is 5.26. The molecule has 1 aliphatic rings. The Kier molecular flexibility index (Phi) is 5.57. The molecule has 1 amide bonds. The SMILES string of the molecule is N#Cc1ccc(NC(=O)COCC2CCCCC2)cc1. The van der Waals surface area contributed by atoms with Crippen molar-refractivity contribution in [3.63, 3.8) is 0 Å². The smallest absolute Gasteiger partial charge is 0.250 e. The van der Waals surface area contributed by atoms with Crippen molar-refractivity contribution in [1.82, 2.24) is 0 Å². The molecule has 0 heterocycles. The molecule has 0 aliphatic heterocycles. The second kappa shape index (κ2) is 7.66. The molecular weight excluding hydrogens is 252 g/mol.